The molecule has 0 saturated carbocycles. The molecule has 0 aromatic heterocycles. The summed E-state index contributed by atoms with van der Waals surface area (Å²) in [6.45, 7) is 5.40. The van der Waals surface area contributed by atoms with E-state index in [1.807, 2.05) is 84.9 Å². The van der Waals surface area contributed by atoms with Gasteiger partial charge in [-0.3, -0.25) is 0 Å². The number of quaternary nitrogens is 2. The van der Waals surface area contributed by atoms with Crippen LogP contribution >= 0.6 is 23.2 Å². The lowest BCUT2D eigenvalue weighted by Crippen LogP contribution is -3.04. The van der Waals surface area contributed by atoms with Crippen molar-refractivity contribution in [3.05, 3.63) is 145 Å². The SMILES string of the molecule is C[NH+](C)Cc1cccc2cccc([Si@@](C)(F)c3ccccc3)c12.C[NH+](C)Cc1cccc2cccc([Si@@](C)(F)c3ccccc3)c12.ClCCl.F[B-](F)(F)F.F[B-](F)(F)F. The Morgan fingerprint density at radius 3 is 0.949 bits per heavy atom. The highest BCUT2D eigenvalue weighted by Gasteiger charge is 2.36. The van der Waals surface area contributed by atoms with E-state index in [0.717, 1.165) is 55.4 Å². The summed E-state index contributed by atoms with van der Waals surface area (Å²) in [4.78, 5) is 2.68. The Hall–Kier alpha value is -3.80. The monoisotopic (exact) mass is 906 g/mol. The van der Waals surface area contributed by atoms with Crippen molar-refractivity contribution in [3.63, 3.8) is 0 Å². The molecule has 0 aliphatic carbocycles. The minimum Gasteiger partial charge on any atom is -0.418 e. The quantitative estimate of drug-likeness (QED) is 0.0659. The van der Waals surface area contributed by atoms with Gasteiger partial charge in [0.05, 0.1) is 33.5 Å². The Morgan fingerprint density at radius 1 is 0.441 bits per heavy atom. The Kier molecular flexibility index (Phi) is 20.2. The zero-order valence-corrected chi connectivity index (χ0v) is 37.0. The zero-order valence-electron chi connectivity index (χ0n) is 33.5. The third-order valence-electron chi connectivity index (χ3n) is 8.71. The highest BCUT2D eigenvalue weighted by Crippen LogP contribution is 2.22. The highest BCUT2D eigenvalue weighted by molar-refractivity contribution is 6.98. The average molecular weight is 908 g/mol. The van der Waals surface area contributed by atoms with Gasteiger partial charge >= 0.3 is 31.3 Å². The van der Waals surface area contributed by atoms with Crippen LogP contribution in [0.5, 0.6) is 0 Å². The van der Waals surface area contributed by atoms with E-state index in [9.17, 15) is 34.5 Å². The summed E-state index contributed by atoms with van der Waals surface area (Å²) < 4.78 is 110. The van der Waals surface area contributed by atoms with Crippen molar-refractivity contribution in [3.8, 4) is 0 Å². The topological polar surface area (TPSA) is 8.88 Å². The molecule has 0 amide bonds. The Bertz CT molecular complexity index is 1990. The maximum Gasteiger partial charge on any atom is 0.673 e. The van der Waals surface area contributed by atoms with Crippen molar-refractivity contribution in [2.45, 2.75) is 26.2 Å². The molecule has 0 bridgehead atoms. The van der Waals surface area contributed by atoms with Crippen molar-refractivity contribution in [2.75, 3.05) is 33.5 Å². The molecule has 0 radical (unpaired) electrons. The van der Waals surface area contributed by atoms with Crippen LogP contribution in [0.3, 0.4) is 0 Å². The first-order chi connectivity index (χ1) is 27.4. The molecule has 0 spiro atoms. The van der Waals surface area contributed by atoms with E-state index < -0.39 is 31.3 Å². The van der Waals surface area contributed by atoms with Crippen LogP contribution in [0.1, 0.15) is 11.1 Å². The number of halogens is 12. The molecule has 320 valence electrons. The molecule has 0 aliphatic rings. The minimum atomic E-state index is -6.00. The van der Waals surface area contributed by atoms with Gasteiger partial charge < -0.3 is 52.5 Å². The second-order valence-electron chi connectivity index (χ2n) is 14.2. The molecule has 2 atom stereocenters. The summed E-state index contributed by atoms with van der Waals surface area (Å²) in [5.74, 6) is 0. The lowest BCUT2D eigenvalue weighted by atomic mass is 10.0. The summed E-state index contributed by atoms with van der Waals surface area (Å²) in [6.07, 6.45) is 0. The lowest BCUT2D eigenvalue weighted by molar-refractivity contribution is -0.872. The maximum absolute atomic E-state index is 15.9. The van der Waals surface area contributed by atoms with E-state index in [2.05, 4.69) is 76.7 Å². The Labute approximate surface area is 352 Å². The molecule has 18 heteroatoms. The molecule has 6 aromatic rings. The number of rotatable bonds is 8. The molecule has 6 rings (SSSR count). The summed E-state index contributed by atoms with van der Waals surface area (Å²) in [6, 6.07) is 44.0. The number of hydrogen-bond acceptors (Lipinski definition) is 0. The first kappa shape index (κ1) is 51.3. The molecule has 6 aromatic carbocycles. The van der Waals surface area contributed by atoms with Gasteiger partial charge in [-0.1, -0.05) is 133 Å². The maximum atomic E-state index is 15.9. The van der Waals surface area contributed by atoms with Crippen LogP contribution in [0.15, 0.2) is 133 Å². The van der Waals surface area contributed by atoms with E-state index in [0.29, 0.717) is 0 Å². The molecule has 0 aliphatic heterocycles. The predicted molar refractivity (Wildman–Crippen MR) is 235 cm³/mol. The van der Waals surface area contributed by atoms with Crippen molar-refractivity contribution < 1.29 is 52.5 Å². The van der Waals surface area contributed by atoms with Crippen LogP contribution in [0.2, 0.25) is 13.1 Å². The van der Waals surface area contributed by atoms with Gasteiger partial charge in [-0.15, -0.1) is 23.2 Å². The van der Waals surface area contributed by atoms with Gasteiger partial charge in [0.2, 0.25) is 0 Å². The van der Waals surface area contributed by atoms with E-state index in [1.54, 1.807) is 13.1 Å². The first-order valence-electron chi connectivity index (χ1n) is 18.4. The third-order valence-corrected chi connectivity index (χ3v) is 14.4. The van der Waals surface area contributed by atoms with Gasteiger partial charge in [0.25, 0.3) is 0 Å². The van der Waals surface area contributed by atoms with Gasteiger partial charge in [0, 0.05) is 11.1 Å². The van der Waals surface area contributed by atoms with Crippen molar-refractivity contribution in [2.24, 2.45) is 0 Å². The van der Waals surface area contributed by atoms with E-state index in [4.69, 9.17) is 23.2 Å². The van der Waals surface area contributed by atoms with Gasteiger partial charge in [0.1, 0.15) is 13.1 Å². The highest BCUT2D eigenvalue weighted by atomic mass is 35.5. The van der Waals surface area contributed by atoms with Crippen molar-refractivity contribution in [1.82, 2.24) is 0 Å². The van der Waals surface area contributed by atoms with Crippen LogP contribution in [0.4, 0.5) is 42.7 Å². The molecular weight excluding hydrogens is 859 g/mol. The number of alkyl halides is 2. The molecule has 0 fully saturated rings. The Morgan fingerprint density at radius 2 is 0.695 bits per heavy atom. The number of hydrogen-bond donors (Lipinski definition) is 2. The smallest absolute Gasteiger partial charge is 0.418 e. The van der Waals surface area contributed by atoms with Crippen LogP contribution in [-0.4, -0.2) is 64.9 Å². The largest absolute Gasteiger partial charge is 0.673 e. The molecule has 2 N–H and O–H groups in total. The van der Waals surface area contributed by atoms with Crippen molar-refractivity contribution in [1.29, 1.82) is 0 Å². The summed E-state index contributed by atoms with van der Waals surface area (Å²) in [7, 11) is -9.90. The van der Waals surface area contributed by atoms with Crippen LogP contribution in [0, 0.1) is 0 Å². The van der Waals surface area contributed by atoms with Crippen LogP contribution in [-0.2, 0) is 13.1 Å². The second-order valence-corrected chi connectivity index (χ2v) is 21.3. The fraction of sp³-hybridized carbons (Fsp3) is 0.220. The summed E-state index contributed by atoms with van der Waals surface area (Å²) >= 11 is 9.53. The van der Waals surface area contributed by atoms with Crippen LogP contribution < -0.4 is 30.5 Å². The van der Waals surface area contributed by atoms with Gasteiger partial charge in [-0.25, -0.2) is 0 Å². The second kappa shape index (κ2) is 23.3. The van der Waals surface area contributed by atoms with Gasteiger partial charge in [-0.2, -0.15) is 0 Å². The number of fused-ring (bicyclic) bond motifs is 2. The number of nitrogens with one attached hydrogen (secondary N) is 2. The van der Waals surface area contributed by atoms with Crippen molar-refractivity contribution >= 4 is 96.8 Å². The van der Waals surface area contributed by atoms with E-state index in [1.165, 1.54) is 20.9 Å². The Balaban J connectivity index is 0.000000315. The molecule has 0 saturated heterocycles. The molecule has 2 nitrogen and oxygen atoms in total. The van der Waals surface area contributed by atoms with Gasteiger partial charge in [0.15, 0.2) is 0 Å². The van der Waals surface area contributed by atoms with E-state index in [-0.39, 0.29) is 5.34 Å². The predicted octanol–water partition coefficient (Wildman–Crippen LogP) is 8.31. The fourth-order valence-electron chi connectivity index (χ4n) is 6.49. The van der Waals surface area contributed by atoms with E-state index >= 15 is 8.22 Å². The molecular formula is C41H48B2Cl2F10N2Si2. The molecule has 0 heterocycles. The number of benzene rings is 6. The summed E-state index contributed by atoms with van der Waals surface area (Å²) in [5.41, 5.74) is 2.45. The van der Waals surface area contributed by atoms with Crippen LogP contribution in [0.25, 0.3) is 21.5 Å². The average Bonchev–Trinajstić information content (AvgIpc) is 3.14. The lowest BCUT2D eigenvalue weighted by Gasteiger charge is -2.22. The van der Waals surface area contributed by atoms with Gasteiger partial charge in [-0.05, 0) is 55.4 Å². The third kappa shape index (κ3) is 17.4. The summed E-state index contributed by atoms with van der Waals surface area (Å²) in [5, 5.41) is 8.12. The molecule has 0 unspecified atom stereocenters. The molecule has 59 heavy (non-hydrogen) atoms. The zero-order chi connectivity index (χ0) is 44.6. The minimum absolute atomic E-state index is 0.194. The fourth-order valence-corrected chi connectivity index (χ4v) is 11.1. The first-order valence-corrected chi connectivity index (χ1v) is 24.2. The normalized spacial score (nSPS) is 13.4. The standard InChI is InChI=1S/2C20H22FNSi.CH2Cl2.2BF4/c2*1-22(2)15-17-11-7-9-16-10-8-14-19(20(16)17)23(3,21)18-12-5-4-6-13-18;2-1-3;2*2-1(3,4)5/h2*4-14H,15H2,1-3H3;1H2;;/q;;;2*-1/p+2/t2*23-;;;/m00.../s1.